The minimum absolute atomic E-state index is 0.145. The van der Waals surface area contributed by atoms with Crippen LogP contribution in [0.2, 0.25) is 0 Å². The summed E-state index contributed by atoms with van der Waals surface area (Å²) in [4.78, 5) is 8.23. The molecule has 2 atom stereocenters. The molecule has 17 heavy (non-hydrogen) atoms. The van der Waals surface area contributed by atoms with Crippen molar-refractivity contribution in [1.82, 2.24) is 9.97 Å². The Morgan fingerprint density at radius 2 is 2.18 bits per heavy atom. The molecule has 0 amide bonds. The molecule has 0 aliphatic heterocycles. The normalized spacial score (nSPS) is 24.7. The van der Waals surface area contributed by atoms with Gasteiger partial charge in [0.05, 0.1) is 0 Å². The van der Waals surface area contributed by atoms with Gasteiger partial charge < -0.3 is 11.1 Å². The summed E-state index contributed by atoms with van der Waals surface area (Å²) in [6.45, 7) is 0. The highest BCUT2D eigenvalue weighted by Crippen LogP contribution is 2.19. The number of anilines is 1. The lowest BCUT2D eigenvalue weighted by Gasteiger charge is -2.22. The van der Waals surface area contributed by atoms with Gasteiger partial charge in [0.25, 0.3) is 0 Å². The summed E-state index contributed by atoms with van der Waals surface area (Å²) in [6.07, 6.45) is 7.29. The maximum absolute atomic E-state index is 8.77. The third kappa shape index (κ3) is 3.14. The van der Waals surface area contributed by atoms with Crippen LogP contribution in [-0.4, -0.2) is 22.1 Å². The van der Waals surface area contributed by atoms with Gasteiger partial charge in [-0.2, -0.15) is 5.26 Å². The van der Waals surface area contributed by atoms with Gasteiger partial charge in [0.15, 0.2) is 0 Å². The van der Waals surface area contributed by atoms with E-state index in [4.69, 9.17) is 11.0 Å². The monoisotopic (exact) mass is 231 g/mol. The molecule has 2 unspecified atom stereocenters. The van der Waals surface area contributed by atoms with E-state index in [-0.39, 0.29) is 12.1 Å². The van der Waals surface area contributed by atoms with Gasteiger partial charge in [-0.3, -0.25) is 0 Å². The molecule has 1 saturated carbocycles. The zero-order valence-electron chi connectivity index (χ0n) is 9.76. The van der Waals surface area contributed by atoms with Gasteiger partial charge in [-0.25, -0.2) is 9.97 Å². The molecule has 2 rings (SSSR count). The zero-order valence-corrected chi connectivity index (χ0v) is 9.76. The first-order valence-corrected chi connectivity index (χ1v) is 6.05. The highest BCUT2D eigenvalue weighted by Gasteiger charge is 2.20. The predicted octanol–water partition coefficient (Wildman–Crippen LogP) is 1.42. The number of nitriles is 1. The van der Waals surface area contributed by atoms with Crippen molar-refractivity contribution in [3.8, 4) is 6.07 Å². The van der Waals surface area contributed by atoms with E-state index in [9.17, 15) is 0 Å². The molecular formula is C12H17N5. The van der Waals surface area contributed by atoms with Crippen molar-refractivity contribution in [1.29, 1.82) is 5.26 Å². The Morgan fingerprint density at radius 3 is 3.00 bits per heavy atom. The molecule has 90 valence electrons. The number of nitrogens with zero attached hydrogens (tertiary/aromatic N) is 3. The molecule has 1 aliphatic carbocycles. The Bertz CT molecular complexity index is 412. The smallest absolute Gasteiger partial charge is 0.224 e. The van der Waals surface area contributed by atoms with Crippen LogP contribution in [0.25, 0.3) is 0 Å². The molecule has 0 bridgehead atoms. The van der Waals surface area contributed by atoms with E-state index < -0.39 is 0 Å². The maximum atomic E-state index is 8.77. The fourth-order valence-corrected chi connectivity index (χ4v) is 2.17. The summed E-state index contributed by atoms with van der Waals surface area (Å²) in [7, 11) is 0. The SMILES string of the molecule is N#Cc1ccnc(NC2CCCCCC2N)n1. The van der Waals surface area contributed by atoms with E-state index in [0.29, 0.717) is 11.6 Å². The Morgan fingerprint density at radius 1 is 1.35 bits per heavy atom. The number of hydrogen-bond acceptors (Lipinski definition) is 5. The fraction of sp³-hybridized carbons (Fsp3) is 0.583. The van der Waals surface area contributed by atoms with Crippen LogP contribution in [0.15, 0.2) is 12.3 Å². The van der Waals surface area contributed by atoms with Crippen LogP contribution in [0.1, 0.15) is 37.8 Å². The largest absolute Gasteiger partial charge is 0.350 e. The summed E-state index contributed by atoms with van der Waals surface area (Å²) in [5.41, 5.74) is 6.49. The molecule has 5 heteroatoms. The first kappa shape index (κ1) is 11.8. The van der Waals surface area contributed by atoms with E-state index >= 15 is 0 Å². The molecule has 0 saturated heterocycles. The predicted molar refractivity (Wildman–Crippen MR) is 65.2 cm³/mol. The lowest BCUT2D eigenvalue weighted by Crippen LogP contribution is -2.39. The van der Waals surface area contributed by atoms with Gasteiger partial charge in [0, 0.05) is 18.3 Å². The molecule has 5 nitrogen and oxygen atoms in total. The molecular weight excluding hydrogens is 214 g/mol. The van der Waals surface area contributed by atoms with Crippen molar-refractivity contribution >= 4 is 5.95 Å². The van der Waals surface area contributed by atoms with Gasteiger partial charge in [0.2, 0.25) is 5.95 Å². The summed E-state index contributed by atoms with van der Waals surface area (Å²) < 4.78 is 0. The van der Waals surface area contributed by atoms with Crippen molar-refractivity contribution in [2.24, 2.45) is 5.73 Å². The zero-order chi connectivity index (χ0) is 12.1. The lowest BCUT2D eigenvalue weighted by atomic mass is 10.0. The molecule has 1 aliphatic rings. The van der Waals surface area contributed by atoms with Crippen molar-refractivity contribution < 1.29 is 0 Å². The topological polar surface area (TPSA) is 87.6 Å². The summed E-state index contributed by atoms with van der Waals surface area (Å²) in [6, 6.07) is 3.96. The third-order valence-electron chi connectivity index (χ3n) is 3.15. The summed E-state index contributed by atoms with van der Waals surface area (Å²) in [5, 5.41) is 12.0. The van der Waals surface area contributed by atoms with Crippen LogP contribution in [0.5, 0.6) is 0 Å². The number of nitrogens with one attached hydrogen (secondary N) is 1. The average molecular weight is 231 g/mol. The van der Waals surface area contributed by atoms with Crippen molar-refractivity contribution in [3.63, 3.8) is 0 Å². The highest BCUT2D eigenvalue weighted by molar-refractivity contribution is 5.31. The van der Waals surface area contributed by atoms with Crippen LogP contribution in [0.3, 0.4) is 0 Å². The minimum Gasteiger partial charge on any atom is -0.350 e. The third-order valence-corrected chi connectivity index (χ3v) is 3.15. The lowest BCUT2D eigenvalue weighted by molar-refractivity contribution is 0.525. The highest BCUT2D eigenvalue weighted by atomic mass is 15.1. The first-order valence-electron chi connectivity index (χ1n) is 6.05. The standard InChI is InChI=1S/C12H17N5/c13-8-9-6-7-15-12(16-9)17-11-5-3-1-2-4-10(11)14/h6-7,10-11H,1-5,14H2,(H,15,16,17). The molecule has 0 aromatic carbocycles. The van der Waals surface area contributed by atoms with E-state index in [1.165, 1.54) is 19.3 Å². The molecule has 1 heterocycles. The number of hydrogen-bond donors (Lipinski definition) is 2. The van der Waals surface area contributed by atoms with Gasteiger partial charge in [-0.05, 0) is 18.9 Å². The Labute approximate surface area is 101 Å². The van der Waals surface area contributed by atoms with Crippen LogP contribution in [0.4, 0.5) is 5.95 Å². The van der Waals surface area contributed by atoms with Crippen molar-refractivity contribution in [2.45, 2.75) is 44.2 Å². The van der Waals surface area contributed by atoms with Gasteiger partial charge >= 0.3 is 0 Å². The van der Waals surface area contributed by atoms with E-state index in [1.807, 2.05) is 6.07 Å². The average Bonchev–Trinajstić information content (AvgIpc) is 2.55. The van der Waals surface area contributed by atoms with E-state index in [0.717, 1.165) is 12.8 Å². The fourth-order valence-electron chi connectivity index (χ4n) is 2.17. The molecule has 0 spiro atoms. The second-order valence-corrected chi connectivity index (χ2v) is 4.43. The second kappa shape index (κ2) is 5.60. The summed E-state index contributed by atoms with van der Waals surface area (Å²) in [5.74, 6) is 0.506. The molecule has 1 aromatic heterocycles. The van der Waals surface area contributed by atoms with Crippen LogP contribution >= 0.6 is 0 Å². The van der Waals surface area contributed by atoms with Crippen LogP contribution < -0.4 is 11.1 Å². The van der Waals surface area contributed by atoms with Gasteiger partial charge in [0.1, 0.15) is 11.8 Å². The number of nitrogens with two attached hydrogens (primary N) is 1. The number of aromatic nitrogens is 2. The molecule has 1 aromatic rings. The maximum Gasteiger partial charge on any atom is 0.224 e. The quantitative estimate of drug-likeness (QED) is 0.751. The Hall–Kier alpha value is -1.67. The molecule has 1 fully saturated rings. The minimum atomic E-state index is 0.145. The first-order chi connectivity index (χ1) is 8.29. The van der Waals surface area contributed by atoms with Gasteiger partial charge in [-0.15, -0.1) is 0 Å². The van der Waals surface area contributed by atoms with Crippen LogP contribution in [0, 0.1) is 11.3 Å². The molecule has 0 radical (unpaired) electrons. The van der Waals surface area contributed by atoms with E-state index in [2.05, 4.69) is 15.3 Å². The number of rotatable bonds is 2. The van der Waals surface area contributed by atoms with E-state index in [1.54, 1.807) is 12.3 Å². The Kier molecular flexibility index (Phi) is 3.89. The summed E-state index contributed by atoms with van der Waals surface area (Å²) >= 11 is 0. The van der Waals surface area contributed by atoms with Crippen molar-refractivity contribution in [3.05, 3.63) is 18.0 Å². The molecule has 3 N–H and O–H groups in total. The van der Waals surface area contributed by atoms with Gasteiger partial charge in [-0.1, -0.05) is 19.3 Å². The van der Waals surface area contributed by atoms with Crippen LogP contribution in [-0.2, 0) is 0 Å². The van der Waals surface area contributed by atoms with Crippen molar-refractivity contribution in [2.75, 3.05) is 5.32 Å². The second-order valence-electron chi connectivity index (χ2n) is 4.43. The Balaban J connectivity index is 2.05.